The third-order valence-electron chi connectivity index (χ3n) is 3.28. The van der Waals surface area contributed by atoms with Crippen molar-refractivity contribution in [3.8, 4) is 0 Å². The van der Waals surface area contributed by atoms with Gasteiger partial charge >= 0.3 is 5.97 Å². The van der Waals surface area contributed by atoms with E-state index >= 15 is 0 Å². The highest BCUT2D eigenvalue weighted by Crippen LogP contribution is 2.25. The van der Waals surface area contributed by atoms with Crippen molar-refractivity contribution in [1.29, 1.82) is 0 Å². The smallest absolute Gasteiger partial charge is 0.376 e. The summed E-state index contributed by atoms with van der Waals surface area (Å²) >= 11 is 0. The van der Waals surface area contributed by atoms with Gasteiger partial charge in [-0.3, -0.25) is 0 Å². The van der Waals surface area contributed by atoms with Gasteiger partial charge in [-0.1, -0.05) is 37.3 Å². The van der Waals surface area contributed by atoms with Crippen LogP contribution in [0, 0.1) is 0 Å². The first-order valence-electron chi connectivity index (χ1n) is 7.32. The summed E-state index contributed by atoms with van der Waals surface area (Å²) < 4.78 is 10.7. The third-order valence-corrected chi connectivity index (χ3v) is 3.28. The molecule has 0 aliphatic carbocycles. The minimum Gasteiger partial charge on any atom is -0.480 e. The number of rotatable bonds is 8. The quantitative estimate of drug-likeness (QED) is 0.613. The van der Waals surface area contributed by atoms with E-state index in [4.69, 9.17) is 14.6 Å². The van der Waals surface area contributed by atoms with Crippen LogP contribution in [0.5, 0.6) is 0 Å². The number of nitrogens with one attached hydrogen (secondary N) is 1. The molecular formula is C16H21NO5. The summed E-state index contributed by atoms with van der Waals surface area (Å²) in [6, 6.07) is 9.44. The van der Waals surface area contributed by atoms with Crippen LogP contribution >= 0.6 is 0 Å². The molecule has 2 atom stereocenters. The summed E-state index contributed by atoms with van der Waals surface area (Å²) in [5.74, 6) is -0.568. The van der Waals surface area contributed by atoms with E-state index in [0.29, 0.717) is 12.2 Å². The minimum atomic E-state index is -1.18. The van der Waals surface area contributed by atoms with Gasteiger partial charge in [-0.25, -0.2) is 4.79 Å². The number of esters is 1. The zero-order chi connectivity index (χ0) is 15.9. The van der Waals surface area contributed by atoms with Gasteiger partial charge in [0.15, 0.2) is 6.10 Å². The van der Waals surface area contributed by atoms with Crippen LogP contribution in [0.25, 0.3) is 0 Å². The van der Waals surface area contributed by atoms with Crippen molar-refractivity contribution in [2.45, 2.75) is 32.2 Å². The Labute approximate surface area is 129 Å². The molecule has 120 valence electrons. The zero-order valence-corrected chi connectivity index (χ0v) is 12.5. The Bertz CT molecular complexity index is 529. The molecule has 0 spiro atoms. The van der Waals surface area contributed by atoms with E-state index in [2.05, 4.69) is 5.32 Å². The molecule has 0 saturated heterocycles. The van der Waals surface area contributed by atoms with Crippen LogP contribution in [0.15, 0.2) is 41.8 Å². The van der Waals surface area contributed by atoms with E-state index in [1.807, 2.05) is 37.3 Å². The lowest BCUT2D eigenvalue weighted by molar-refractivity contribution is -0.148. The van der Waals surface area contributed by atoms with Crippen molar-refractivity contribution in [3.63, 3.8) is 0 Å². The number of hydrogen-bond donors (Lipinski definition) is 3. The van der Waals surface area contributed by atoms with Crippen LogP contribution < -0.4 is 5.32 Å². The van der Waals surface area contributed by atoms with Crippen LogP contribution in [0.1, 0.15) is 18.9 Å². The second-order valence-electron chi connectivity index (χ2n) is 5.02. The highest BCUT2D eigenvalue weighted by atomic mass is 16.6. The molecule has 1 aromatic carbocycles. The summed E-state index contributed by atoms with van der Waals surface area (Å²) in [4.78, 5) is 12.0. The Kier molecular flexibility index (Phi) is 5.80. The Morgan fingerprint density at radius 1 is 1.36 bits per heavy atom. The molecular weight excluding hydrogens is 286 g/mol. The highest BCUT2D eigenvalue weighted by Gasteiger charge is 2.39. The number of hydrogen-bond acceptors (Lipinski definition) is 6. The molecule has 3 N–H and O–H groups in total. The van der Waals surface area contributed by atoms with Crippen LogP contribution in [-0.4, -0.2) is 41.5 Å². The van der Waals surface area contributed by atoms with Crippen molar-refractivity contribution in [1.82, 2.24) is 5.32 Å². The fraction of sp³-hybridized carbons (Fsp3) is 0.438. The third kappa shape index (κ3) is 3.78. The van der Waals surface area contributed by atoms with Gasteiger partial charge in [0.1, 0.15) is 18.4 Å². The molecule has 0 fully saturated rings. The normalized spacial score (nSPS) is 19.0. The maximum Gasteiger partial charge on any atom is 0.376 e. The number of benzene rings is 1. The summed E-state index contributed by atoms with van der Waals surface area (Å²) in [5.41, 5.74) is 1.31. The van der Waals surface area contributed by atoms with E-state index in [0.717, 1.165) is 12.0 Å². The van der Waals surface area contributed by atoms with E-state index in [1.54, 1.807) is 0 Å². The second kappa shape index (κ2) is 7.82. The molecule has 6 nitrogen and oxygen atoms in total. The number of aliphatic hydroxyl groups is 2. The largest absolute Gasteiger partial charge is 0.480 e. The molecule has 1 unspecified atom stereocenters. The summed E-state index contributed by atoms with van der Waals surface area (Å²) in [5, 5.41) is 21.9. The minimum absolute atomic E-state index is 0.0646. The fourth-order valence-electron chi connectivity index (χ4n) is 2.14. The average Bonchev–Trinajstić information content (AvgIpc) is 2.87. The number of carbonyl (C=O) groups is 1. The molecule has 1 aliphatic heterocycles. The molecule has 6 heteroatoms. The molecule has 1 heterocycles. The SMILES string of the molecule is CCCNC1=C(OCc2ccccc2)C(=O)OC1[C@@H](O)CO. The van der Waals surface area contributed by atoms with Crippen molar-refractivity contribution in [2.75, 3.05) is 13.2 Å². The predicted octanol–water partition coefficient (Wildman–Crippen LogP) is 0.693. The monoisotopic (exact) mass is 307 g/mol. The Balaban J connectivity index is 2.15. The van der Waals surface area contributed by atoms with E-state index in [1.165, 1.54) is 0 Å². The van der Waals surface area contributed by atoms with Gasteiger partial charge in [0.2, 0.25) is 5.76 Å². The molecule has 0 bridgehead atoms. The van der Waals surface area contributed by atoms with Crippen molar-refractivity contribution in [3.05, 3.63) is 47.4 Å². The summed E-state index contributed by atoms with van der Waals surface area (Å²) in [7, 11) is 0. The molecule has 0 saturated carbocycles. The molecule has 0 amide bonds. The molecule has 1 aromatic rings. The van der Waals surface area contributed by atoms with Crippen molar-refractivity contribution >= 4 is 5.97 Å². The van der Waals surface area contributed by atoms with E-state index in [9.17, 15) is 9.90 Å². The number of cyclic esters (lactones) is 1. The van der Waals surface area contributed by atoms with Gasteiger partial charge in [-0.15, -0.1) is 0 Å². The van der Waals surface area contributed by atoms with Gasteiger partial charge in [-0.2, -0.15) is 0 Å². The Hall–Kier alpha value is -2.05. The lowest BCUT2D eigenvalue weighted by Gasteiger charge is -2.19. The van der Waals surface area contributed by atoms with Crippen molar-refractivity contribution in [2.24, 2.45) is 0 Å². The molecule has 1 aliphatic rings. The first-order valence-corrected chi connectivity index (χ1v) is 7.32. The number of ether oxygens (including phenoxy) is 2. The first-order chi connectivity index (χ1) is 10.7. The van der Waals surface area contributed by atoms with Crippen LogP contribution in [0.2, 0.25) is 0 Å². The topological polar surface area (TPSA) is 88.0 Å². The number of carbonyl (C=O) groups excluding carboxylic acids is 1. The lowest BCUT2D eigenvalue weighted by Crippen LogP contribution is -2.36. The maximum atomic E-state index is 12.0. The first kappa shape index (κ1) is 16.3. The highest BCUT2D eigenvalue weighted by molar-refractivity contribution is 5.90. The van der Waals surface area contributed by atoms with Gasteiger partial charge in [-0.05, 0) is 12.0 Å². The zero-order valence-electron chi connectivity index (χ0n) is 12.5. The number of aliphatic hydroxyl groups excluding tert-OH is 2. The molecule has 0 radical (unpaired) electrons. The maximum absolute atomic E-state index is 12.0. The van der Waals surface area contributed by atoms with Gasteiger partial charge in [0.25, 0.3) is 0 Å². The van der Waals surface area contributed by atoms with Crippen LogP contribution in [0.4, 0.5) is 0 Å². The second-order valence-corrected chi connectivity index (χ2v) is 5.02. The van der Waals surface area contributed by atoms with Gasteiger partial charge < -0.3 is 25.0 Å². The van der Waals surface area contributed by atoms with E-state index < -0.39 is 24.8 Å². The lowest BCUT2D eigenvalue weighted by atomic mass is 10.1. The fourth-order valence-corrected chi connectivity index (χ4v) is 2.14. The van der Waals surface area contributed by atoms with Crippen LogP contribution in [-0.2, 0) is 20.9 Å². The predicted molar refractivity (Wildman–Crippen MR) is 79.5 cm³/mol. The standard InChI is InChI=1S/C16H21NO5/c1-2-8-17-13-14(12(19)9-18)22-16(20)15(13)21-10-11-6-4-3-5-7-11/h3-7,12,14,17-19H,2,8-10H2,1H3/t12-,14?/m0/s1. The van der Waals surface area contributed by atoms with E-state index in [-0.39, 0.29) is 12.4 Å². The molecule has 22 heavy (non-hydrogen) atoms. The average molecular weight is 307 g/mol. The molecule has 0 aromatic heterocycles. The summed E-state index contributed by atoms with van der Waals surface area (Å²) in [6.45, 7) is 2.32. The summed E-state index contributed by atoms with van der Waals surface area (Å²) in [6.07, 6.45) is -1.26. The molecule has 2 rings (SSSR count). The van der Waals surface area contributed by atoms with Crippen LogP contribution in [0.3, 0.4) is 0 Å². The Morgan fingerprint density at radius 3 is 2.73 bits per heavy atom. The van der Waals surface area contributed by atoms with Gasteiger partial charge in [0.05, 0.1) is 6.61 Å². The van der Waals surface area contributed by atoms with Crippen molar-refractivity contribution < 1.29 is 24.5 Å². The van der Waals surface area contributed by atoms with Gasteiger partial charge in [0, 0.05) is 6.54 Å². The Morgan fingerprint density at radius 2 is 2.09 bits per heavy atom.